The lowest BCUT2D eigenvalue weighted by atomic mass is 10.1. The molecule has 0 saturated carbocycles. The van der Waals surface area contributed by atoms with Crippen molar-refractivity contribution >= 4 is 34.6 Å². The molecule has 0 aliphatic rings. The summed E-state index contributed by atoms with van der Waals surface area (Å²) in [5, 5.41) is 6.78. The molecule has 2 N–H and O–H groups in total. The Bertz CT molecular complexity index is 924. The van der Waals surface area contributed by atoms with E-state index in [1.54, 1.807) is 24.5 Å². The number of carbonyl (C=O) groups is 1. The highest BCUT2D eigenvalue weighted by atomic mass is 35.5. The largest absolute Gasteiger partial charge is 0.354 e. The number of nitrogens with one attached hydrogen (secondary N) is 2. The monoisotopic (exact) mass is 351 g/mol. The molecule has 0 spiro atoms. The average molecular weight is 352 g/mol. The molecule has 5 heteroatoms. The zero-order valence-electron chi connectivity index (χ0n) is 14.0. The number of pyridine rings is 1. The summed E-state index contributed by atoms with van der Waals surface area (Å²) in [6.07, 6.45) is 3.21. The summed E-state index contributed by atoms with van der Waals surface area (Å²) >= 11 is 5.99. The predicted octanol–water partition coefficient (Wildman–Crippen LogP) is 5.35. The fourth-order valence-electron chi connectivity index (χ4n) is 2.45. The Balaban J connectivity index is 1.78. The van der Waals surface area contributed by atoms with E-state index in [-0.39, 0.29) is 5.91 Å². The fourth-order valence-corrected chi connectivity index (χ4v) is 2.64. The van der Waals surface area contributed by atoms with E-state index in [9.17, 15) is 4.79 Å². The molecule has 2 aromatic carbocycles. The summed E-state index contributed by atoms with van der Waals surface area (Å²) in [5.41, 5.74) is 5.02. The topological polar surface area (TPSA) is 54.0 Å². The first-order valence-electron chi connectivity index (χ1n) is 7.88. The molecule has 25 heavy (non-hydrogen) atoms. The van der Waals surface area contributed by atoms with Gasteiger partial charge in [0.1, 0.15) is 0 Å². The minimum atomic E-state index is -0.198. The van der Waals surface area contributed by atoms with Gasteiger partial charge in [0, 0.05) is 22.6 Å². The number of hydrogen-bond acceptors (Lipinski definition) is 3. The second-order valence-electron chi connectivity index (χ2n) is 5.80. The SMILES string of the molecule is Cc1cccc(NC(=O)c2cncc(Nc3cccc(Cl)c3)c2)c1C. The lowest BCUT2D eigenvalue weighted by molar-refractivity contribution is 0.102. The molecule has 0 radical (unpaired) electrons. The Morgan fingerprint density at radius 2 is 1.80 bits per heavy atom. The van der Waals surface area contributed by atoms with E-state index in [0.29, 0.717) is 10.6 Å². The van der Waals surface area contributed by atoms with E-state index in [0.717, 1.165) is 28.2 Å². The fraction of sp³-hybridized carbons (Fsp3) is 0.100. The molecule has 4 nitrogen and oxygen atoms in total. The second kappa shape index (κ2) is 7.36. The highest BCUT2D eigenvalue weighted by Crippen LogP contribution is 2.22. The summed E-state index contributed by atoms with van der Waals surface area (Å²) in [7, 11) is 0. The molecule has 3 aromatic rings. The van der Waals surface area contributed by atoms with Crippen LogP contribution in [0.5, 0.6) is 0 Å². The molecule has 0 saturated heterocycles. The van der Waals surface area contributed by atoms with E-state index in [1.165, 1.54) is 0 Å². The van der Waals surface area contributed by atoms with E-state index < -0.39 is 0 Å². The van der Waals surface area contributed by atoms with Crippen molar-refractivity contribution < 1.29 is 4.79 Å². The highest BCUT2D eigenvalue weighted by molar-refractivity contribution is 6.30. The minimum absolute atomic E-state index is 0.198. The standard InChI is InChI=1S/C20H18ClN3O/c1-13-5-3-8-19(14(13)2)24-20(25)15-9-18(12-22-11-15)23-17-7-4-6-16(21)10-17/h3-12,23H,1-2H3,(H,24,25). The number of hydrogen-bond donors (Lipinski definition) is 2. The molecule has 0 unspecified atom stereocenters. The molecule has 1 heterocycles. The number of halogens is 1. The number of rotatable bonds is 4. The molecule has 1 aromatic heterocycles. The third-order valence-corrected chi connectivity index (χ3v) is 4.20. The van der Waals surface area contributed by atoms with Crippen LogP contribution in [0.4, 0.5) is 17.1 Å². The normalized spacial score (nSPS) is 10.4. The summed E-state index contributed by atoms with van der Waals surface area (Å²) in [4.78, 5) is 16.7. The molecular weight excluding hydrogens is 334 g/mol. The van der Waals surface area contributed by atoms with Gasteiger partial charge in [0.25, 0.3) is 5.91 Å². The number of carbonyl (C=O) groups excluding carboxylic acids is 1. The third kappa shape index (κ3) is 4.17. The van der Waals surface area contributed by atoms with Crippen molar-refractivity contribution in [2.45, 2.75) is 13.8 Å². The first kappa shape index (κ1) is 17.0. The molecule has 3 rings (SSSR count). The molecule has 0 aliphatic heterocycles. The smallest absolute Gasteiger partial charge is 0.257 e. The van der Waals surface area contributed by atoms with Gasteiger partial charge in [0.05, 0.1) is 17.4 Å². The Morgan fingerprint density at radius 3 is 2.60 bits per heavy atom. The first-order chi connectivity index (χ1) is 12.0. The summed E-state index contributed by atoms with van der Waals surface area (Å²) < 4.78 is 0. The van der Waals surface area contributed by atoms with Crippen molar-refractivity contribution in [3.05, 3.63) is 82.6 Å². The minimum Gasteiger partial charge on any atom is -0.354 e. The van der Waals surface area contributed by atoms with Crippen molar-refractivity contribution in [2.24, 2.45) is 0 Å². The van der Waals surface area contributed by atoms with Crippen LogP contribution in [0.1, 0.15) is 21.5 Å². The second-order valence-corrected chi connectivity index (χ2v) is 6.24. The zero-order chi connectivity index (χ0) is 17.8. The Morgan fingerprint density at radius 1 is 1.00 bits per heavy atom. The van der Waals surface area contributed by atoms with Gasteiger partial charge in [-0.2, -0.15) is 0 Å². The van der Waals surface area contributed by atoms with Gasteiger partial charge in [-0.25, -0.2) is 0 Å². The summed E-state index contributed by atoms with van der Waals surface area (Å²) in [5.74, 6) is -0.198. The van der Waals surface area contributed by atoms with Gasteiger partial charge in [0.15, 0.2) is 0 Å². The lowest BCUT2D eigenvalue weighted by Gasteiger charge is -2.11. The van der Waals surface area contributed by atoms with E-state index >= 15 is 0 Å². The number of benzene rings is 2. The third-order valence-electron chi connectivity index (χ3n) is 3.97. The molecule has 126 valence electrons. The van der Waals surface area contributed by atoms with Crippen LogP contribution in [0, 0.1) is 13.8 Å². The molecule has 0 bridgehead atoms. The molecule has 0 fully saturated rings. The lowest BCUT2D eigenvalue weighted by Crippen LogP contribution is -2.13. The van der Waals surface area contributed by atoms with Gasteiger partial charge in [-0.3, -0.25) is 9.78 Å². The van der Waals surface area contributed by atoms with Crippen LogP contribution >= 0.6 is 11.6 Å². The summed E-state index contributed by atoms with van der Waals surface area (Å²) in [6, 6.07) is 15.0. The zero-order valence-corrected chi connectivity index (χ0v) is 14.8. The number of amides is 1. The van der Waals surface area contributed by atoms with Crippen molar-refractivity contribution in [1.29, 1.82) is 0 Å². The first-order valence-corrected chi connectivity index (χ1v) is 8.26. The van der Waals surface area contributed by atoms with Crippen LogP contribution in [0.25, 0.3) is 0 Å². The Kier molecular flexibility index (Phi) is 5.00. The van der Waals surface area contributed by atoms with Crippen LogP contribution in [0.3, 0.4) is 0 Å². The van der Waals surface area contributed by atoms with Gasteiger partial charge in [-0.15, -0.1) is 0 Å². The molecule has 0 aliphatic carbocycles. The number of anilines is 3. The maximum atomic E-state index is 12.5. The van der Waals surface area contributed by atoms with Crippen LogP contribution < -0.4 is 10.6 Å². The van der Waals surface area contributed by atoms with Crippen LogP contribution in [0.2, 0.25) is 5.02 Å². The number of aromatic nitrogens is 1. The van der Waals surface area contributed by atoms with Gasteiger partial charge < -0.3 is 10.6 Å². The predicted molar refractivity (Wildman–Crippen MR) is 103 cm³/mol. The van der Waals surface area contributed by atoms with Crippen LogP contribution in [-0.2, 0) is 0 Å². The van der Waals surface area contributed by atoms with E-state index in [4.69, 9.17) is 11.6 Å². The average Bonchev–Trinajstić information content (AvgIpc) is 2.59. The summed E-state index contributed by atoms with van der Waals surface area (Å²) in [6.45, 7) is 4.00. The Labute approximate surface area is 151 Å². The molecule has 1 amide bonds. The van der Waals surface area contributed by atoms with Gasteiger partial charge in [-0.1, -0.05) is 29.8 Å². The van der Waals surface area contributed by atoms with Crippen molar-refractivity contribution in [1.82, 2.24) is 4.98 Å². The van der Waals surface area contributed by atoms with Crippen LogP contribution in [0.15, 0.2) is 60.9 Å². The van der Waals surface area contributed by atoms with Crippen molar-refractivity contribution in [2.75, 3.05) is 10.6 Å². The highest BCUT2D eigenvalue weighted by Gasteiger charge is 2.10. The van der Waals surface area contributed by atoms with Crippen molar-refractivity contribution in [3.63, 3.8) is 0 Å². The van der Waals surface area contributed by atoms with E-state index in [2.05, 4.69) is 15.6 Å². The van der Waals surface area contributed by atoms with Crippen LogP contribution in [-0.4, -0.2) is 10.9 Å². The molecular formula is C20H18ClN3O. The van der Waals surface area contributed by atoms with Crippen molar-refractivity contribution in [3.8, 4) is 0 Å². The number of nitrogens with zero attached hydrogens (tertiary/aromatic N) is 1. The number of aryl methyl sites for hydroxylation is 1. The molecule has 0 atom stereocenters. The van der Waals surface area contributed by atoms with Gasteiger partial charge in [0.2, 0.25) is 0 Å². The van der Waals surface area contributed by atoms with Gasteiger partial charge >= 0.3 is 0 Å². The maximum Gasteiger partial charge on any atom is 0.257 e. The maximum absolute atomic E-state index is 12.5. The van der Waals surface area contributed by atoms with E-state index in [1.807, 2.05) is 50.2 Å². The Hall–Kier alpha value is -2.85. The quantitative estimate of drug-likeness (QED) is 0.666. The van der Waals surface area contributed by atoms with Gasteiger partial charge in [-0.05, 0) is 55.3 Å².